The second-order valence-corrected chi connectivity index (χ2v) is 10.2. The number of fused-ring (bicyclic) bond motifs is 2. The zero-order valence-corrected chi connectivity index (χ0v) is 19.4. The molecule has 0 radical (unpaired) electrons. The van der Waals surface area contributed by atoms with Gasteiger partial charge >= 0.3 is 0 Å². The first kappa shape index (κ1) is 21.4. The predicted molar refractivity (Wildman–Crippen MR) is 132 cm³/mol. The van der Waals surface area contributed by atoms with Gasteiger partial charge < -0.3 is 0 Å². The van der Waals surface area contributed by atoms with Crippen molar-refractivity contribution in [2.24, 2.45) is 0 Å². The Labute approximate surface area is 202 Å². The van der Waals surface area contributed by atoms with Crippen molar-refractivity contribution in [2.75, 3.05) is 35.3 Å². The number of benzene rings is 3. The van der Waals surface area contributed by atoms with E-state index in [1.165, 1.54) is 29.5 Å². The van der Waals surface area contributed by atoms with Gasteiger partial charge in [0.15, 0.2) is 0 Å². The van der Waals surface area contributed by atoms with Crippen molar-refractivity contribution in [2.45, 2.75) is 17.2 Å². The largest absolute Gasteiger partial charge is 0.295 e. The quantitative estimate of drug-likeness (QED) is 0.558. The molecule has 0 aliphatic carbocycles. The van der Waals surface area contributed by atoms with E-state index in [1.54, 1.807) is 17.0 Å². The van der Waals surface area contributed by atoms with E-state index in [4.69, 9.17) is 0 Å². The third kappa shape index (κ3) is 3.26. The molecule has 5 nitrogen and oxygen atoms in total. The Bertz CT molecular complexity index is 1250. The Kier molecular flexibility index (Phi) is 5.19. The highest BCUT2D eigenvalue weighted by Gasteiger charge is 2.61. The Balaban J connectivity index is 1.33. The number of amides is 2. The molecule has 7 heteroatoms. The molecule has 0 saturated carbocycles. The highest BCUT2D eigenvalue weighted by molar-refractivity contribution is 8.02. The fourth-order valence-electron chi connectivity index (χ4n) is 5.44. The lowest BCUT2D eigenvalue weighted by Gasteiger charge is -2.33. The zero-order chi connectivity index (χ0) is 23.3. The van der Waals surface area contributed by atoms with Crippen molar-refractivity contribution < 1.29 is 14.0 Å². The minimum atomic E-state index is -1.16. The van der Waals surface area contributed by atoms with Crippen LogP contribution in [0.5, 0.6) is 0 Å². The van der Waals surface area contributed by atoms with Crippen LogP contribution in [-0.4, -0.2) is 42.2 Å². The lowest BCUT2D eigenvalue weighted by Crippen LogP contribution is -2.51. The molecule has 0 aromatic heterocycles. The third-order valence-corrected chi connectivity index (χ3v) is 8.42. The molecule has 3 aliphatic heterocycles. The Morgan fingerprint density at radius 1 is 0.941 bits per heavy atom. The number of halogens is 1. The van der Waals surface area contributed by atoms with Crippen LogP contribution in [0.15, 0.2) is 78.9 Å². The fraction of sp³-hybridized carbons (Fsp3) is 0.259. The lowest BCUT2D eigenvalue weighted by molar-refractivity contribution is -0.123. The van der Waals surface area contributed by atoms with E-state index >= 15 is 0 Å². The van der Waals surface area contributed by atoms with E-state index in [2.05, 4.69) is 29.2 Å². The van der Waals surface area contributed by atoms with Gasteiger partial charge in [-0.2, -0.15) is 0 Å². The molecule has 172 valence electrons. The van der Waals surface area contributed by atoms with Gasteiger partial charge in [0.2, 0.25) is 10.8 Å². The second-order valence-electron chi connectivity index (χ2n) is 9.00. The predicted octanol–water partition coefficient (Wildman–Crippen LogP) is 4.55. The number of carbonyl (C=O) groups excluding carboxylic acids is 2. The van der Waals surface area contributed by atoms with E-state index in [0.717, 1.165) is 30.8 Å². The molecular formula is C27H24FN3O2S. The van der Waals surface area contributed by atoms with Crippen molar-refractivity contribution in [3.63, 3.8) is 0 Å². The fourth-order valence-corrected chi connectivity index (χ4v) is 6.80. The molecule has 3 aromatic rings. The average molecular weight is 474 g/mol. The summed E-state index contributed by atoms with van der Waals surface area (Å²) in [5.41, 5.74) is 3.52. The van der Waals surface area contributed by atoms with E-state index in [-0.39, 0.29) is 23.4 Å². The minimum absolute atomic E-state index is 0.114. The van der Waals surface area contributed by atoms with Gasteiger partial charge in [-0.1, -0.05) is 48.5 Å². The van der Waals surface area contributed by atoms with E-state index < -0.39 is 4.87 Å². The molecule has 3 aromatic carbocycles. The van der Waals surface area contributed by atoms with Crippen molar-refractivity contribution in [1.82, 2.24) is 4.90 Å². The van der Waals surface area contributed by atoms with Crippen molar-refractivity contribution in [1.29, 1.82) is 0 Å². The Hall–Kier alpha value is -3.16. The lowest BCUT2D eigenvalue weighted by atomic mass is 9.99. The van der Waals surface area contributed by atoms with Crippen molar-refractivity contribution in [3.8, 4) is 0 Å². The van der Waals surface area contributed by atoms with Gasteiger partial charge in [-0.3, -0.25) is 24.3 Å². The number of hydrogen-bond acceptors (Lipinski definition) is 4. The molecule has 6 rings (SSSR count). The number of carbonyl (C=O) groups is 2. The minimum Gasteiger partial charge on any atom is -0.295 e. The Morgan fingerprint density at radius 2 is 1.68 bits per heavy atom. The number of hydrogen-bond donors (Lipinski definition) is 0. The van der Waals surface area contributed by atoms with Gasteiger partial charge in [0, 0.05) is 24.3 Å². The normalized spacial score (nSPS) is 24.4. The summed E-state index contributed by atoms with van der Waals surface area (Å²) in [7, 11) is 0. The van der Waals surface area contributed by atoms with Crippen LogP contribution >= 0.6 is 11.8 Å². The van der Waals surface area contributed by atoms with Crippen LogP contribution in [-0.2, 0) is 14.5 Å². The summed E-state index contributed by atoms with van der Waals surface area (Å²) in [4.78, 5) is 31.7. The molecule has 2 saturated heterocycles. The first-order chi connectivity index (χ1) is 16.6. The molecule has 3 heterocycles. The van der Waals surface area contributed by atoms with Gasteiger partial charge in [-0.25, -0.2) is 4.39 Å². The summed E-state index contributed by atoms with van der Waals surface area (Å²) < 4.78 is 13.6. The molecule has 3 aliphatic rings. The molecule has 1 spiro atoms. The van der Waals surface area contributed by atoms with Crippen LogP contribution in [0.25, 0.3) is 0 Å². The highest BCUT2D eigenvalue weighted by atomic mass is 32.2. The SMILES string of the molecule is O=C1CS[C@@]2(C(=O)N(CN3CC[C@@H](c4ccccc4)C3)c3ccccc32)N1c1ccc(F)cc1. The zero-order valence-electron chi connectivity index (χ0n) is 18.6. The van der Waals surface area contributed by atoms with Crippen molar-refractivity contribution >= 4 is 35.0 Å². The first-order valence-electron chi connectivity index (χ1n) is 11.5. The molecule has 2 atom stereocenters. The molecule has 0 unspecified atom stereocenters. The van der Waals surface area contributed by atoms with Crippen LogP contribution in [0, 0.1) is 5.82 Å². The molecule has 34 heavy (non-hydrogen) atoms. The summed E-state index contributed by atoms with van der Waals surface area (Å²) in [5.74, 6) is 0.00884. The number of rotatable bonds is 4. The summed E-state index contributed by atoms with van der Waals surface area (Å²) >= 11 is 1.35. The molecule has 0 bridgehead atoms. The van der Waals surface area contributed by atoms with Gasteiger partial charge in [0.1, 0.15) is 5.82 Å². The molecule has 2 fully saturated rings. The van der Waals surface area contributed by atoms with Crippen LogP contribution in [0.3, 0.4) is 0 Å². The molecule has 2 amide bonds. The van der Waals surface area contributed by atoms with Crippen LogP contribution < -0.4 is 9.80 Å². The smallest absolute Gasteiger partial charge is 0.269 e. The monoisotopic (exact) mass is 473 g/mol. The highest BCUT2D eigenvalue weighted by Crippen LogP contribution is 2.55. The number of nitrogens with zero attached hydrogens (tertiary/aromatic N) is 3. The topological polar surface area (TPSA) is 43.9 Å². The maximum absolute atomic E-state index is 14.1. The summed E-state index contributed by atoms with van der Waals surface area (Å²) in [6.07, 6.45) is 1.05. The number of thioether (sulfide) groups is 1. The van der Waals surface area contributed by atoms with Gasteiger partial charge in [-0.15, -0.1) is 11.8 Å². The maximum atomic E-state index is 14.1. The molecular weight excluding hydrogens is 449 g/mol. The van der Waals surface area contributed by atoms with E-state index in [1.807, 2.05) is 35.2 Å². The maximum Gasteiger partial charge on any atom is 0.269 e. The second kappa shape index (κ2) is 8.25. The third-order valence-electron chi connectivity index (χ3n) is 7.03. The summed E-state index contributed by atoms with van der Waals surface area (Å²) in [6, 6.07) is 24.0. The average Bonchev–Trinajstić information content (AvgIpc) is 3.54. The first-order valence-corrected chi connectivity index (χ1v) is 12.5. The van der Waals surface area contributed by atoms with E-state index in [9.17, 15) is 14.0 Å². The van der Waals surface area contributed by atoms with Gasteiger partial charge in [0.05, 0.1) is 18.1 Å². The number of para-hydroxylation sites is 1. The Morgan fingerprint density at radius 3 is 2.47 bits per heavy atom. The van der Waals surface area contributed by atoms with E-state index in [0.29, 0.717) is 18.3 Å². The van der Waals surface area contributed by atoms with Crippen LogP contribution in [0.4, 0.5) is 15.8 Å². The van der Waals surface area contributed by atoms with Crippen LogP contribution in [0.1, 0.15) is 23.5 Å². The van der Waals surface area contributed by atoms with Gasteiger partial charge in [0.25, 0.3) is 5.91 Å². The molecule has 0 N–H and O–H groups in total. The van der Waals surface area contributed by atoms with Gasteiger partial charge in [-0.05, 0) is 48.2 Å². The number of likely N-dealkylation sites (tertiary alicyclic amines) is 1. The number of anilines is 2. The standard InChI is InChI=1S/C27H24FN3O2S/c28-21-10-12-22(13-11-21)31-25(32)17-34-27(31)23-8-4-5-9-24(23)30(26(27)33)18-29-15-14-20(16-29)19-6-2-1-3-7-19/h1-13,20H,14-18H2/t20-,27+/m1/s1. The van der Waals surface area contributed by atoms with Crippen molar-refractivity contribution in [3.05, 3.63) is 95.8 Å². The summed E-state index contributed by atoms with van der Waals surface area (Å²) in [5, 5.41) is 0. The summed E-state index contributed by atoms with van der Waals surface area (Å²) in [6.45, 7) is 2.27. The van der Waals surface area contributed by atoms with Crippen LogP contribution in [0.2, 0.25) is 0 Å².